The van der Waals surface area contributed by atoms with Crippen LogP contribution < -0.4 is 15.0 Å². The second-order valence-corrected chi connectivity index (χ2v) is 7.99. The third-order valence-electron chi connectivity index (χ3n) is 5.96. The van der Waals surface area contributed by atoms with E-state index >= 15 is 0 Å². The molecule has 1 saturated heterocycles. The van der Waals surface area contributed by atoms with E-state index in [1.54, 1.807) is 33.1 Å². The molecular formula is C22H32FN3O5. The smallest absolute Gasteiger partial charge is 0.331 e. The summed E-state index contributed by atoms with van der Waals surface area (Å²) < 4.78 is 43.1. The maximum absolute atomic E-state index is 13.2. The van der Waals surface area contributed by atoms with Crippen LogP contribution >= 0.6 is 0 Å². The van der Waals surface area contributed by atoms with Crippen molar-refractivity contribution in [2.45, 2.75) is 51.2 Å². The Morgan fingerprint density at radius 2 is 2.03 bits per heavy atom. The highest BCUT2D eigenvalue weighted by Gasteiger charge is 2.39. The fourth-order valence-electron chi connectivity index (χ4n) is 3.45. The number of alkyl halides is 1. The van der Waals surface area contributed by atoms with Gasteiger partial charge >= 0.3 is 5.97 Å². The molecule has 1 saturated carbocycles. The lowest BCUT2D eigenvalue weighted by molar-refractivity contribution is -0.152. The number of aromatic nitrogens is 1. The fourth-order valence-corrected chi connectivity index (χ4v) is 3.45. The Balaban J connectivity index is 1.76. The molecule has 0 bridgehead atoms. The molecule has 0 radical (unpaired) electrons. The number of hydrogen-bond donors (Lipinski definition) is 1. The highest BCUT2D eigenvalue weighted by molar-refractivity contribution is 5.97. The van der Waals surface area contributed by atoms with Gasteiger partial charge in [-0.2, -0.15) is 0 Å². The van der Waals surface area contributed by atoms with Gasteiger partial charge in [-0.05, 0) is 43.7 Å². The summed E-state index contributed by atoms with van der Waals surface area (Å²) in [6, 6.07) is 3.34. The Hall–Kier alpha value is -2.42. The summed E-state index contributed by atoms with van der Waals surface area (Å²) >= 11 is 0. The number of hydrogen-bond acceptors (Lipinski definition) is 7. The van der Waals surface area contributed by atoms with Crippen molar-refractivity contribution in [2.24, 2.45) is 5.92 Å². The van der Waals surface area contributed by atoms with E-state index in [2.05, 4.69) is 15.2 Å². The van der Waals surface area contributed by atoms with Crippen molar-refractivity contribution in [3.05, 3.63) is 17.8 Å². The highest BCUT2D eigenvalue weighted by atomic mass is 19.1. The predicted molar refractivity (Wildman–Crippen MR) is 113 cm³/mol. The molecule has 2 aliphatic rings. The number of carbonyl (C=O) groups is 2. The summed E-state index contributed by atoms with van der Waals surface area (Å²) in [6.45, 7) is 1.10. The number of pyridine rings is 1. The second-order valence-electron chi connectivity index (χ2n) is 7.99. The first-order valence-electron chi connectivity index (χ1n) is 11.7. The molecule has 31 heavy (non-hydrogen) atoms. The fraction of sp³-hybridized carbons (Fsp3) is 0.682. The van der Waals surface area contributed by atoms with Gasteiger partial charge in [0.1, 0.15) is 30.2 Å². The minimum absolute atomic E-state index is 0.0771. The Bertz CT molecular complexity index is 853. The summed E-state index contributed by atoms with van der Waals surface area (Å²) in [5.74, 6) is -0.633. The lowest BCUT2D eigenvalue weighted by Gasteiger charge is -2.40. The average molecular weight is 440 g/mol. The number of ether oxygens (including phenoxy) is 3. The van der Waals surface area contributed by atoms with Crippen LogP contribution in [-0.2, 0) is 14.3 Å². The summed E-state index contributed by atoms with van der Waals surface area (Å²) in [7, 11) is 1.67. The summed E-state index contributed by atoms with van der Waals surface area (Å²) in [5, 5.41) is 2.67. The van der Waals surface area contributed by atoms with Gasteiger partial charge in [-0.3, -0.25) is 4.79 Å². The molecular weight excluding hydrogens is 405 g/mol. The molecule has 2 fully saturated rings. The van der Waals surface area contributed by atoms with Gasteiger partial charge in [0.15, 0.2) is 0 Å². The third kappa shape index (κ3) is 5.44. The summed E-state index contributed by atoms with van der Waals surface area (Å²) in [4.78, 5) is 32.1. The van der Waals surface area contributed by atoms with E-state index in [9.17, 15) is 14.0 Å². The molecule has 1 aromatic rings. The van der Waals surface area contributed by atoms with E-state index in [4.69, 9.17) is 17.0 Å². The Labute approximate surface area is 185 Å². The molecule has 0 unspecified atom stereocenters. The molecule has 8 nitrogen and oxygen atoms in total. The molecule has 0 aromatic carbocycles. The van der Waals surface area contributed by atoms with Gasteiger partial charge in [0.25, 0.3) is 5.91 Å². The highest BCUT2D eigenvalue weighted by Crippen LogP contribution is 2.34. The SMILES string of the molecule is [2H]C([2H])(F)COC(=O)C(CC)(CC)NC(=O)c1ccc(N2CC(OC)C2)c(OCC2CC2)n1. The van der Waals surface area contributed by atoms with Gasteiger partial charge in [0.05, 0.1) is 15.5 Å². The number of nitrogens with zero attached hydrogens (tertiary/aromatic N) is 2. The molecule has 3 rings (SSSR count). The minimum Gasteiger partial charge on any atom is -0.476 e. The van der Waals surface area contributed by atoms with Gasteiger partial charge < -0.3 is 24.4 Å². The molecule has 1 N–H and O–H groups in total. The van der Waals surface area contributed by atoms with Crippen LogP contribution in [0.25, 0.3) is 0 Å². The summed E-state index contributed by atoms with van der Waals surface area (Å²) in [5.41, 5.74) is -0.573. The number of methoxy groups -OCH3 is 1. The topological polar surface area (TPSA) is 90.0 Å². The van der Waals surface area contributed by atoms with Crippen molar-refractivity contribution in [2.75, 3.05) is 44.9 Å². The quantitative estimate of drug-likeness (QED) is 0.501. The Kier molecular flexibility index (Phi) is 6.78. The molecule has 1 amide bonds. The van der Waals surface area contributed by atoms with Crippen molar-refractivity contribution in [1.82, 2.24) is 10.3 Å². The average Bonchev–Trinajstić information content (AvgIpc) is 3.58. The first-order valence-corrected chi connectivity index (χ1v) is 10.7. The van der Waals surface area contributed by atoms with E-state index in [0.717, 1.165) is 18.5 Å². The zero-order chi connectivity index (χ0) is 24.2. The third-order valence-corrected chi connectivity index (χ3v) is 5.96. The Morgan fingerprint density at radius 1 is 1.32 bits per heavy atom. The van der Waals surface area contributed by atoms with Crippen molar-refractivity contribution in [3.63, 3.8) is 0 Å². The molecule has 1 aliphatic heterocycles. The van der Waals surface area contributed by atoms with Crippen LogP contribution in [0.4, 0.5) is 10.1 Å². The number of halogens is 1. The van der Waals surface area contributed by atoms with Gasteiger partial charge in [-0.15, -0.1) is 0 Å². The molecule has 0 spiro atoms. The number of nitrogens with one attached hydrogen (secondary N) is 1. The maximum Gasteiger partial charge on any atom is 0.331 e. The number of amides is 1. The molecule has 2 heterocycles. The van der Waals surface area contributed by atoms with Crippen LogP contribution in [0.1, 0.15) is 52.8 Å². The van der Waals surface area contributed by atoms with Crippen molar-refractivity contribution < 1.29 is 30.9 Å². The predicted octanol–water partition coefficient (Wildman–Crippen LogP) is 2.51. The summed E-state index contributed by atoms with van der Waals surface area (Å²) in [6.07, 6.45) is 2.72. The zero-order valence-electron chi connectivity index (χ0n) is 20.3. The standard InChI is InChI=1S/C22H32FN3O5/c1-4-22(5-2,21(28)30-11-10-23)25-19(27)17-8-9-18(26-12-16(13-26)29-3)20(24-17)31-14-15-6-7-15/h8-9,15-16H,4-7,10-14H2,1-3H3,(H,25,27)/i10D2. The van der Waals surface area contributed by atoms with Crippen molar-refractivity contribution >= 4 is 17.6 Å². The van der Waals surface area contributed by atoms with Crippen LogP contribution in [-0.4, -0.2) is 68.5 Å². The van der Waals surface area contributed by atoms with Gasteiger partial charge in [0.2, 0.25) is 5.88 Å². The molecule has 0 atom stereocenters. The lowest BCUT2D eigenvalue weighted by atomic mass is 9.92. The molecule has 1 aliphatic carbocycles. The van der Waals surface area contributed by atoms with Crippen LogP contribution in [0.2, 0.25) is 0 Å². The van der Waals surface area contributed by atoms with Gasteiger partial charge in [-0.1, -0.05) is 13.8 Å². The molecule has 172 valence electrons. The van der Waals surface area contributed by atoms with Crippen LogP contribution in [0.5, 0.6) is 5.88 Å². The molecule has 9 heteroatoms. The second kappa shape index (κ2) is 10.3. The zero-order valence-corrected chi connectivity index (χ0v) is 18.3. The number of esters is 1. The van der Waals surface area contributed by atoms with Crippen LogP contribution in [0.15, 0.2) is 12.1 Å². The largest absolute Gasteiger partial charge is 0.476 e. The van der Waals surface area contributed by atoms with Crippen LogP contribution in [0, 0.1) is 5.92 Å². The lowest BCUT2D eigenvalue weighted by Crippen LogP contribution is -2.55. The van der Waals surface area contributed by atoms with Crippen molar-refractivity contribution in [1.29, 1.82) is 0 Å². The van der Waals surface area contributed by atoms with Crippen molar-refractivity contribution in [3.8, 4) is 5.88 Å². The van der Waals surface area contributed by atoms with E-state index in [1.807, 2.05) is 0 Å². The first-order chi connectivity index (χ1) is 15.6. The van der Waals surface area contributed by atoms with E-state index in [1.165, 1.54) is 0 Å². The normalized spacial score (nSPS) is 18.0. The maximum atomic E-state index is 13.2. The number of anilines is 1. The van der Waals surface area contributed by atoms with Gasteiger partial charge in [-0.25, -0.2) is 14.2 Å². The molecule has 1 aromatic heterocycles. The number of carbonyl (C=O) groups excluding carboxylic acids is 2. The Morgan fingerprint density at radius 3 is 2.61 bits per heavy atom. The minimum atomic E-state index is -3.16. The first kappa shape index (κ1) is 20.5. The van der Waals surface area contributed by atoms with E-state index < -0.39 is 30.6 Å². The monoisotopic (exact) mass is 439 g/mol. The number of rotatable bonds is 12. The van der Waals surface area contributed by atoms with Gasteiger partial charge in [0, 0.05) is 20.2 Å². The van der Waals surface area contributed by atoms with Crippen LogP contribution in [0.3, 0.4) is 0 Å². The van der Waals surface area contributed by atoms with E-state index in [-0.39, 0.29) is 24.6 Å². The van der Waals surface area contributed by atoms with E-state index in [0.29, 0.717) is 31.5 Å².